The van der Waals surface area contributed by atoms with E-state index in [1.54, 1.807) is 13.1 Å². The number of ether oxygens (including phenoxy) is 1. The molecule has 1 heterocycles. The number of aliphatic hydroxyl groups excluding tert-OH is 1. The summed E-state index contributed by atoms with van der Waals surface area (Å²) in [5, 5.41) is 15.2. The zero-order chi connectivity index (χ0) is 22.7. The lowest BCUT2D eigenvalue weighted by Gasteiger charge is -2.26. The Balaban J connectivity index is 1.94. The molecule has 0 aliphatic heterocycles. The highest BCUT2D eigenvalue weighted by Crippen LogP contribution is 2.39. The zero-order valence-corrected chi connectivity index (χ0v) is 18.6. The van der Waals surface area contributed by atoms with Gasteiger partial charge in [-0.15, -0.1) is 0 Å². The summed E-state index contributed by atoms with van der Waals surface area (Å²) in [6.07, 6.45) is 1.33. The largest absolute Gasteiger partial charge is 0.490 e. The second-order valence-corrected chi connectivity index (χ2v) is 8.25. The van der Waals surface area contributed by atoms with Crippen LogP contribution in [0.3, 0.4) is 0 Å². The number of hydrogen-bond donors (Lipinski definition) is 2. The van der Waals surface area contributed by atoms with E-state index in [4.69, 9.17) is 4.74 Å². The van der Waals surface area contributed by atoms with E-state index in [-0.39, 0.29) is 11.9 Å². The van der Waals surface area contributed by atoms with Crippen molar-refractivity contribution in [1.82, 2.24) is 9.88 Å². The van der Waals surface area contributed by atoms with Crippen LogP contribution in [-0.4, -0.2) is 35.5 Å². The lowest BCUT2D eigenvalue weighted by Crippen LogP contribution is -2.33. The van der Waals surface area contributed by atoms with Crippen molar-refractivity contribution in [2.24, 2.45) is 0 Å². The Hall–Kier alpha value is -3.15. The van der Waals surface area contributed by atoms with Gasteiger partial charge in [0.2, 0.25) is 0 Å². The first-order chi connectivity index (χ1) is 15.5. The average Bonchev–Trinajstić information content (AvgIpc) is 3.13. The topological polar surface area (TPSA) is 46.4 Å². The molecule has 1 aromatic heterocycles. The van der Waals surface area contributed by atoms with Crippen LogP contribution in [0.2, 0.25) is 0 Å². The molecule has 4 aromatic rings. The van der Waals surface area contributed by atoms with Gasteiger partial charge < -0.3 is 19.7 Å². The van der Waals surface area contributed by atoms with Gasteiger partial charge in [0.25, 0.3) is 0 Å². The van der Waals surface area contributed by atoms with Crippen molar-refractivity contribution in [3.05, 3.63) is 90.4 Å². The smallest absolute Gasteiger partial charge is 0.127 e. The molecule has 0 amide bonds. The molecule has 2 N–H and O–H groups in total. The number of rotatable bonds is 8. The molecule has 0 saturated carbocycles. The standard InChI is InChI=1S/C27H29FN2O2/c1-18(2)32-26-14-7-5-12-22(26)23-17-30(24-13-6-4-11-21(23)24)27(25(31)16-29-3)19-9-8-10-20(28)15-19/h4-15,17-18,25,27,29,31H,16H2,1-3H3/t25-,27+/m1/s1. The molecule has 0 saturated heterocycles. The molecule has 4 nitrogen and oxygen atoms in total. The number of aromatic nitrogens is 1. The number of aliphatic hydroxyl groups is 1. The molecule has 0 unspecified atom stereocenters. The maximum absolute atomic E-state index is 14.1. The fraction of sp³-hybridized carbons (Fsp3) is 0.259. The third-order valence-corrected chi connectivity index (χ3v) is 5.55. The monoisotopic (exact) mass is 432 g/mol. The number of fused-ring (bicyclic) bond motifs is 1. The van der Waals surface area contributed by atoms with Gasteiger partial charge in [-0.1, -0.05) is 48.5 Å². The summed E-state index contributed by atoms with van der Waals surface area (Å²) in [4.78, 5) is 0. The number of para-hydroxylation sites is 2. The Morgan fingerprint density at radius 2 is 1.72 bits per heavy atom. The van der Waals surface area contributed by atoms with Crippen LogP contribution in [-0.2, 0) is 0 Å². The van der Waals surface area contributed by atoms with Crippen LogP contribution in [0.5, 0.6) is 5.75 Å². The van der Waals surface area contributed by atoms with Crippen LogP contribution < -0.4 is 10.1 Å². The fourth-order valence-corrected chi connectivity index (χ4v) is 4.27. The molecule has 3 aromatic carbocycles. The summed E-state index contributed by atoms with van der Waals surface area (Å²) in [5.41, 5.74) is 3.67. The first-order valence-corrected chi connectivity index (χ1v) is 10.9. The normalized spacial score (nSPS) is 13.4. The van der Waals surface area contributed by atoms with Gasteiger partial charge in [0.1, 0.15) is 11.6 Å². The minimum Gasteiger partial charge on any atom is -0.490 e. The van der Waals surface area contributed by atoms with Crippen LogP contribution in [0.25, 0.3) is 22.0 Å². The second-order valence-electron chi connectivity index (χ2n) is 8.25. The molecule has 166 valence electrons. The summed E-state index contributed by atoms with van der Waals surface area (Å²) in [6, 6.07) is 22.1. The third kappa shape index (κ3) is 4.40. The SMILES string of the molecule is CNC[C@@H](O)[C@H](c1cccc(F)c1)n1cc(-c2ccccc2OC(C)C)c2ccccc21. The van der Waals surface area contributed by atoms with Gasteiger partial charge in [-0.05, 0) is 50.7 Å². The molecule has 0 aliphatic carbocycles. The molecule has 0 bridgehead atoms. The minimum atomic E-state index is -0.757. The molecule has 0 spiro atoms. The Morgan fingerprint density at radius 3 is 2.47 bits per heavy atom. The Labute approximate surface area is 188 Å². The van der Waals surface area contributed by atoms with E-state index in [1.807, 2.05) is 73.1 Å². The van der Waals surface area contributed by atoms with Crippen LogP contribution in [0, 0.1) is 5.82 Å². The van der Waals surface area contributed by atoms with Crippen molar-refractivity contribution in [2.45, 2.75) is 32.1 Å². The van der Waals surface area contributed by atoms with E-state index in [1.165, 1.54) is 12.1 Å². The van der Waals surface area contributed by atoms with Gasteiger partial charge in [0, 0.05) is 34.8 Å². The number of benzene rings is 3. The van der Waals surface area contributed by atoms with Crippen LogP contribution in [0.15, 0.2) is 79.0 Å². The van der Waals surface area contributed by atoms with E-state index >= 15 is 0 Å². The van der Waals surface area contributed by atoms with Crippen molar-refractivity contribution in [1.29, 1.82) is 0 Å². The molecular weight excluding hydrogens is 403 g/mol. The molecule has 32 heavy (non-hydrogen) atoms. The number of halogens is 1. The van der Waals surface area contributed by atoms with E-state index in [2.05, 4.69) is 11.4 Å². The molecule has 2 atom stereocenters. The van der Waals surface area contributed by atoms with Gasteiger partial charge in [-0.2, -0.15) is 0 Å². The Bertz CT molecular complexity index is 1200. The van der Waals surface area contributed by atoms with Crippen molar-refractivity contribution >= 4 is 10.9 Å². The lowest BCUT2D eigenvalue weighted by molar-refractivity contribution is 0.132. The molecule has 0 fully saturated rings. The molecule has 4 rings (SSSR count). The van der Waals surface area contributed by atoms with Gasteiger partial charge in [0.15, 0.2) is 0 Å². The van der Waals surface area contributed by atoms with Crippen LogP contribution in [0.1, 0.15) is 25.5 Å². The first-order valence-electron chi connectivity index (χ1n) is 10.9. The quantitative estimate of drug-likeness (QED) is 0.392. The number of likely N-dealkylation sites (N-methyl/N-ethyl adjacent to an activating group) is 1. The summed E-state index contributed by atoms with van der Waals surface area (Å²) in [6.45, 7) is 4.39. The van der Waals surface area contributed by atoms with E-state index < -0.39 is 12.1 Å². The highest BCUT2D eigenvalue weighted by Gasteiger charge is 2.26. The predicted molar refractivity (Wildman–Crippen MR) is 128 cm³/mol. The van der Waals surface area contributed by atoms with E-state index in [0.29, 0.717) is 12.1 Å². The Kier molecular flexibility index (Phi) is 6.58. The molecule has 0 radical (unpaired) electrons. The van der Waals surface area contributed by atoms with Crippen LogP contribution in [0.4, 0.5) is 4.39 Å². The maximum atomic E-state index is 14.1. The van der Waals surface area contributed by atoms with Crippen molar-refractivity contribution in [3.63, 3.8) is 0 Å². The van der Waals surface area contributed by atoms with Gasteiger partial charge in [-0.3, -0.25) is 0 Å². The zero-order valence-electron chi connectivity index (χ0n) is 18.6. The number of hydrogen-bond acceptors (Lipinski definition) is 3. The summed E-state index contributed by atoms with van der Waals surface area (Å²) in [5.74, 6) is 0.486. The second kappa shape index (κ2) is 9.55. The Morgan fingerprint density at radius 1 is 0.969 bits per heavy atom. The highest BCUT2D eigenvalue weighted by atomic mass is 19.1. The molecule has 0 aliphatic rings. The maximum Gasteiger partial charge on any atom is 0.127 e. The van der Waals surface area contributed by atoms with E-state index in [9.17, 15) is 9.50 Å². The fourth-order valence-electron chi connectivity index (χ4n) is 4.27. The molecular formula is C27H29FN2O2. The van der Waals surface area contributed by atoms with Crippen LogP contribution >= 0.6 is 0 Å². The molecule has 5 heteroatoms. The van der Waals surface area contributed by atoms with E-state index in [0.717, 1.165) is 27.8 Å². The summed E-state index contributed by atoms with van der Waals surface area (Å²) < 4.78 is 22.3. The first kappa shape index (κ1) is 22.1. The predicted octanol–water partition coefficient (Wildman–Crippen LogP) is 5.40. The van der Waals surface area contributed by atoms with Crippen molar-refractivity contribution in [2.75, 3.05) is 13.6 Å². The van der Waals surface area contributed by atoms with Crippen molar-refractivity contribution < 1.29 is 14.2 Å². The third-order valence-electron chi connectivity index (χ3n) is 5.55. The summed E-state index contributed by atoms with van der Waals surface area (Å²) >= 11 is 0. The average molecular weight is 433 g/mol. The summed E-state index contributed by atoms with van der Waals surface area (Å²) in [7, 11) is 1.80. The minimum absolute atomic E-state index is 0.0435. The van der Waals surface area contributed by atoms with Crippen molar-refractivity contribution in [3.8, 4) is 16.9 Å². The number of nitrogens with one attached hydrogen (secondary N) is 1. The van der Waals surface area contributed by atoms with Gasteiger partial charge in [-0.25, -0.2) is 4.39 Å². The lowest BCUT2D eigenvalue weighted by atomic mass is 10.0. The number of nitrogens with zero attached hydrogens (tertiary/aromatic N) is 1. The highest BCUT2D eigenvalue weighted by molar-refractivity contribution is 5.97. The van der Waals surface area contributed by atoms with Gasteiger partial charge >= 0.3 is 0 Å². The van der Waals surface area contributed by atoms with Gasteiger partial charge in [0.05, 0.1) is 18.2 Å².